The maximum absolute atomic E-state index is 12.3. The van der Waals surface area contributed by atoms with Crippen LogP contribution in [0.5, 0.6) is 5.75 Å². The van der Waals surface area contributed by atoms with E-state index in [1.807, 2.05) is 0 Å². The zero-order valence-corrected chi connectivity index (χ0v) is 13.5. The molecule has 0 heterocycles. The molecule has 0 aliphatic heterocycles. The maximum atomic E-state index is 12.3. The minimum atomic E-state index is -1.31. The molecule has 0 atom stereocenters. The summed E-state index contributed by atoms with van der Waals surface area (Å²) in [5, 5.41) is 12.2. The fourth-order valence-corrected chi connectivity index (χ4v) is 2.60. The molecule has 7 heteroatoms. The van der Waals surface area contributed by atoms with Crippen LogP contribution < -0.4 is 10.1 Å². The van der Waals surface area contributed by atoms with Crippen molar-refractivity contribution < 1.29 is 19.4 Å². The minimum absolute atomic E-state index is 0.179. The van der Waals surface area contributed by atoms with E-state index in [0.29, 0.717) is 0 Å². The second-order valence-electron chi connectivity index (χ2n) is 4.52. The number of benzene rings is 1. The third-order valence-corrected chi connectivity index (χ3v) is 4.00. The monoisotopic (exact) mass is 333 g/mol. The van der Waals surface area contributed by atoms with Crippen LogP contribution in [0, 0.1) is 0 Å². The molecule has 1 aromatic rings. The summed E-state index contributed by atoms with van der Waals surface area (Å²) in [5.41, 5.74) is -1.13. The lowest BCUT2D eigenvalue weighted by molar-refractivity contribution is -0.144. The first-order valence-electron chi connectivity index (χ1n) is 6.40. The standard InChI is InChI=1S/C14H17Cl2NO4/c1-4-14(5-2,13(19)20)17-12(18)8-6-9(15)11(21-3)10(16)7-8/h6-7H,4-5H2,1-3H3,(H,17,18)(H,19,20). The highest BCUT2D eigenvalue weighted by molar-refractivity contribution is 6.37. The molecule has 0 aliphatic carbocycles. The van der Waals surface area contributed by atoms with Crippen LogP contribution in [-0.2, 0) is 4.79 Å². The molecule has 0 aliphatic rings. The molecule has 116 valence electrons. The molecule has 0 bridgehead atoms. The average Bonchev–Trinajstić information content (AvgIpc) is 2.43. The zero-order valence-electron chi connectivity index (χ0n) is 12.0. The van der Waals surface area contributed by atoms with Crippen molar-refractivity contribution in [1.82, 2.24) is 5.32 Å². The van der Waals surface area contributed by atoms with Crippen molar-refractivity contribution >= 4 is 35.1 Å². The molecule has 1 amide bonds. The molecular formula is C14H17Cl2NO4. The molecular weight excluding hydrogens is 317 g/mol. The average molecular weight is 334 g/mol. The van der Waals surface area contributed by atoms with Gasteiger partial charge in [0.1, 0.15) is 5.54 Å². The summed E-state index contributed by atoms with van der Waals surface area (Å²) in [6, 6.07) is 2.78. The van der Waals surface area contributed by atoms with Crippen molar-refractivity contribution in [3.8, 4) is 5.75 Å². The number of carbonyl (C=O) groups is 2. The molecule has 2 N–H and O–H groups in total. The number of carboxylic acid groups (broad SMARTS) is 1. The summed E-state index contributed by atoms with van der Waals surface area (Å²) in [4.78, 5) is 23.7. The molecule has 0 aromatic heterocycles. The number of hydrogen-bond acceptors (Lipinski definition) is 3. The summed E-state index contributed by atoms with van der Waals surface area (Å²) in [7, 11) is 1.41. The smallest absolute Gasteiger partial charge is 0.329 e. The van der Waals surface area contributed by atoms with E-state index in [1.165, 1.54) is 19.2 Å². The van der Waals surface area contributed by atoms with Gasteiger partial charge in [0, 0.05) is 5.56 Å². The van der Waals surface area contributed by atoms with Gasteiger partial charge < -0.3 is 15.2 Å². The fraction of sp³-hybridized carbons (Fsp3) is 0.429. The van der Waals surface area contributed by atoms with E-state index in [4.69, 9.17) is 27.9 Å². The Morgan fingerprint density at radius 2 is 1.71 bits per heavy atom. The Morgan fingerprint density at radius 3 is 2.05 bits per heavy atom. The van der Waals surface area contributed by atoms with Crippen LogP contribution >= 0.6 is 23.2 Å². The second-order valence-corrected chi connectivity index (χ2v) is 5.34. The summed E-state index contributed by atoms with van der Waals surface area (Å²) < 4.78 is 5.00. The number of halogens is 2. The number of amides is 1. The number of ether oxygens (including phenoxy) is 1. The lowest BCUT2D eigenvalue weighted by atomic mass is 9.92. The number of carbonyl (C=O) groups excluding carboxylic acids is 1. The van der Waals surface area contributed by atoms with E-state index in [1.54, 1.807) is 13.8 Å². The Balaban J connectivity index is 3.12. The van der Waals surface area contributed by atoms with E-state index < -0.39 is 17.4 Å². The van der Waals surface area contributed by atoms with Crippen molar-refractivity contribution in [1.29, 1.82) is 0 Å². The molecule has 1 rings (SSSR count). The normalized spacial score (nSPS) is 11.1. The summed E-state index contributed by atoms with van der Waals surface area (Å²) in [6.45, 7) is 3.40. The molecule has 0 unspecified atom stereocenters. The van der Waals surface area contributed by atoms with Crippen LogP contribution in [0.25, 0.3) is 0 Å². The van der Waals surface area contributed by atoms with Gasteiger partial charge in [-0.1, -0.05) is 37.0 Å². The number of methoxy groups -OCH3 is 1. The Hall–Kier alpha value is -1.46. The van der Waals surface area contributed by atoms with Crippen molar-refractivity contribution in [3.05, 3.63) is 27.7 Å². The summed E-state index contributed by atoms with van der Waals surface area (Å²) in [6.07, 6.45) is 0.532. The maximum Gasteiger partial charge on any atom is 0.329 e. The van der Waals surface area contributed by atoms with Gasteiger partial charge in [0.2, 0.25) is 0 Å². The number of nitrogens with one attached hydrogen (secondary N) is 1. The van der Waals surface area contributed by atoms with Crippen LogP contribution in [-0.4, -0.2) is 29.6 Å². The van der Waals surface area contributed by atoms with Gasteiger partial charge in [-0.2, -0.15) is 0 Å². The van der Waals surface area contributed by atoms with Crippen LogP contribution in [0.3, 0.4) is 0 Å². The molecule has 0 saturated carbocycles. The number of aliphatic carboxylic acids is 1. The van der Waals surface area contributed by atoms with Gasteiger partial charge in [0.15, 0.2) is 5.75 Å². The van der Waals surface area contributed by atoms with Crippen molar-refractivity contribution in [3.63, 3.8) is 0 Å². The highest BCUT2D eigenvalue weighted by atomic mass is 35.5. The SMILES string of the molecule is CCC(CC)(NC(=O)c1cc(Cl)c(OC)c(Cl)c1)C(=O)O. The molecule has 5 nitrogen and oxygen atoms in total. The van der Waals surface area contributed by atoms with E-state index in [-0.39, 0.29) is 34.2 Å². The Kier molecular flexibility index (Phi) is 5.87. The number of rotatable bonds is 6. The quantitative estimate of drug-likeness (QED) is 0.836. The van der Waals surface area contributed by atoms with Crippen molar-refractivity contribution in [2.75, 3.05) is 7.11 Å². The van der Waals surface area contributed by atoms with Crippen molar-refractivity contribution in [2.24, 2.45) is 0 Å². The topological polar surface area (TPSA) is 75.6 Å². The van der Waals surface area contributed by atoms with Crippen LogP contribution in [0.4, 0.5) is 0 Å². The van der Waals surface area contributed by atoms with E-state index in [2.05, 4.69) is 5.32 Å². The molecule has 0 saturated heterocycles. The molecule has 21 heavy (non-hydrogen) atoms. The van der Waals surface area contributed by atoms with Gasteiger partial charge in [-0.3, -0.25) is 4.79 Å². The first-order chi connectivity index (χ1) is 9.81. The molecule has 0 spiro atoms. The van der Waals surface area contributed by atoms with Crippen molar-refractivity contribution in [2.45, 2.75) is 32.2 Å². The molecule has 0 fully saturated rings. The summed E-state index contributed by atoms with van der Waals surface area (Å²) in [5.74, 6) is -1.36. The van der Waals surface area contributed by atoms with Gasteiger partial charge >= 0.3 is 5.97 Å². The highest BCUT2D eigenvalue weighted by Gasteiger charge is 2.36. The van der Waals surface area contributed by atoms with Gasteiger partial charge in [-0.25, -0.2) is 4.79 Å². The second kappa shape index (κ2) is 7.00. The molecule has 0 radical (unpaired) electrons. The largest absolute Gasteiger partial charge is 0.494 e. The van der Waals surface area contributed by atoms with Gasteiger partial charge in [-0.15, -0.1) is 0 Å². The number of carboxylic acids is 1. The van der Waals surface area contributed by atoms with Gasteiger partial charge in [0.05, 0.1) is 17.2 Å². The third-order valence-electron chi connectivity index (χ3n) is 3.43. The van der Waals surface area contributed by atoms with Crippen LogP contribution in [0.2, 0.25) is 10.0 Å². The minimum Gasteiger partial charge on any atom is -0.494 e. The first kappa shape index (κ1) is 17.6. The summed E-state index contributed by atoms with van der Waals surface area (Å²) >= 11 is 11.9. The van der Waals surface area contributed by atoms with E-state index >= 15 is 0 Å². The van der Waals surface area contributed by atoms with Gasteiger partial charge in [-0.05, 0) is 25.0 Å². The highest BCUT2D eigenvalue weighted by Crippen LogP contribution is 2.34. The Morgan fingerprint density at radius 1 is 1.24 bits per heavy atom. The number of hydrogen-bond donors (Lipinski definition) is 2. The zero-order chi connectivity index (χ0) is 16.2. The van der Waals surface area contributed by atoms with Gasteiger partial charge in [0.25, 0.3) is 5.91 Å². The lowest BCUT2D eigenvalue weighted by Gasteiger charge is -2.28. The van der Waals surface area contributed by atoms with E-state index in [0.717, 1.165) is 0 Å². The Bertz CT molecular complexity index is 533. The fourth-order valence-electron chi connectivity index (χ4n) is 1.96. The first-order valence-corrected chi connectivity index (χ1v) is 7.15. The molecule has 1 aromatic carbocycles. The van der Waals surface area contributed by atoms with E-state index in [9.17, 15) is 14.7 Å². The predicted octanol–water partition coefficient (Wildman–Crippen LogP) is 3.38. The lowest BCUT2D eigenvalue weighted by Crippen LogP contribution is -2.53. The van der Waals surface area contributed by atoms with Crippen LogP contribution in [0.1, 0.15) is 37.0 Å². The Labute approximate surface area is 133 Å². The third kappa shape index (κ3) is 3.60. The predicted molar refractivity (Wildman–Crippen MR) is 81.4 cm³/mol. The van der Waals surface area contributed by atoms with Crippen LogP contribution in [0.15, 0.2) is 12.1 Å².